The third-order valence-corrected chi connectivity index (χ3v) is 5.85. The van der Waals surface area contributed by atoms with Gasteiger partial charge in [0.15, 0.2) is 5.16 Å². The standard InChI is InChI=1S/C19H25N3O4S2/c1-5-8-12-9-14(23)22-19(20-12)27-10-15(24)21-17-16(18(25)26-7-3)13(6-2)11(4)28-17/h9H,5-8,10H2,1-4H3,(H,21,24)(H,20,22,23). The molecule has 2 heterocycles. The second-order valence-corrected chi connectivity index (χ2v) is 8.23. The number of hydrogen-bond acceptors (Lipinski definition) is 7. The number of esters is 1. The van der Waals surface area contributed by atoms with E-state index in [1.54, 1.807) is 6.92 Å². The van der Waals surface area contributed by atoms with Crippen LogP contribution in [0.4, 0.5) is 5.00 Å². The Morgan fingerprint density at radius 2 is 2.07 bits per heavy atom. The molecule has 2 aromatic rings. The van der Waals surface area contributed by atoms with Gasteiger partial charge in [-0.25, -0.2) is 9.78 Å². The summed E-state index contributed by atoms with van der Waals surface area (Å²) in [5.41, 5.74) is 1.80. The van der Waals surface area contributed by atoms with Gasteiger partial charge in [-0.2, -0.15) is 0 Å². The fourth-order valence-corrected chi connectivity index (χ4v) is 4.59. The van der Waals surface area contributed by atoms with Crippen molar-refractivity contribution >= 4 is 40.0 Å². The van der Waals surface area contributed by atoms with Gasteiger partial charge in [0.1, 0.15) is 5.00 Å². The van der Waals surface area contributed by atoms with Crippen molar-refractivity contribution in [3.05, 3.63) is 38.1 Å². The van der Waals surface area contributed by atoms with Crippen molar-refractivity contribution in [2.45, 2.75) is 52.1 Å². The van der Waals surface area contributed by atoms with E-state index in [0.29, 0.717) is 34.3 Å². The third-order valence-electron chi connectivity index (χ3n) is 3.91. The lowest BCUT2D eigenvalue weighted by molar-refractivity contribution is -0.113. The summed E-state index contributed by atoms with van der Waals surface area (Å²) in [5.74, 6) is -0.632. The van der Waals surface area contributed by atoms with Crippen LogP contribution in [0.2, 0.25) is 0 Å². The minimum Gasteiger partial charge on any atom is -0.462 e. The van der Waals surface area contributed by atoms with Gasteiger partial charge in [0.2, 0.25) is 5.91 Å². The molecule has 0 unspecified atom stereocenters. The van der Waals surface area contributed by atoms with Gasteiger partial charge in [-0.05, 0) is 32.3 Å². The molecule has 9 heteroatoms. The summed E-state index contributed by atoms with van der Waals surface area (Å²) in [6.45, 7) is 7.91. The third kappa shape index (κ3) is 5.68. The number of aryl methyl sites for hydroxylation is 2. The van der Waals surface area contributed by atoms with Gasteiger partial charge < -0.3 is 15.0 Å². The van der Waals surface area contributed by atoms with Crippen LogP contribution in [0.3, 0.4) is 0 Å². The van der Waals surface area contributed by atoms with E-state index in [1.165, 1.54) is 17.4 Å². The number of H-pyrrole nitrogens is 1. The highest BCUT2D eigenvalue weighted by Crippen LogP contribution is 2.34. The first-order valence-electron chi connectivity index (χ1n) is 9.21. The summed E-state index contributed by atoms with van der Waals surface area (Å²) in [7, 11) is 0. The SMILES string of the molecule is CCCc1cc(=O)[nH]c(SCC(=O)Nc2sc(C)c(CC)c2C(=O)OCC)n1. The predicted octanol–water partition coefficient (Wildman–Crippen LogP) is 3.56. The van der Waals surface area contributed by atoms with E-state index >= 15 is 0 Å². The van der Waals surface area contributed by atoms with Crippen molar-refractivity contribution in [2.24, 2.45) is 0 Å². The van der Waals surface area contributed by atoms with E-state index in [9.17, 15) is 14.4 Å². The summed E-state index contributed by atoms with van der Waals surface area (Å²) in [6.07, 6.45) is 2.27. The first-order chi connectivity index (χ1) is 13.4. The molecule has 0 spiro atoms. The maximum atomic E-state index is 12.4. The maximum absolute atomic E-state index is 12.4. The van der Waals surface area contributed by atoms with E-state index in [1.807, 2.05) is 20.8 Å². The fourth-order valence-electron chi connectivity index (χ4n) is 2.74. The average molecular weight is 424 g/mol. The van der Waals surface area contributed by atoms with E-state index in [-0.39, 0.29) is 23.8 Å². The molecule has 0 atom stereocenters. The van der Waals surface area contributed by atoms with Crippen molar-refractivity contribution in [1.82, 2.24) is 9.97 Å². The molecule has 1 amide bonds. The molecule has 0 aromatic carbocycles. The number of amides is 1. The van der Waals surface area contributed by atoms with Crippen LogP contribution >= 0.6 is 23.1 Å². The topological polar surface area (TPSA) is 101 Å². The Labute approximate surface area is 172 Å². The van der Waals surface area contributed by atoms with Crippen LogP contribution in [0.15, 0.2) is 16.0 Å². The first-order valence-corrected chi connectivity index (χ1v) is 11.0. The molecule has 2 aromatic heterocycles. The number of nitrogens with zero attached hydrogens (tertiary/aromatic N) is 1. The summed E-state index contributed by atoms with van der Waals surface area (Å²) in [4.78, 5) is 44.5. The van der Waals surface area contributed by atoms with Gasteiger partial charge in [0.25, 0.3) is 5.56 Å². The molecule has 0 saturated carbocycles. The highest BCUT2D eigenvalue weighted by Gasteiger charge is 2.23. The Kier molecular flexibility index (Phi) is 8.25. The van der Waals surface area contributed by atoms with Crippen LogP contribution in [0.25, 0.3) is 0 Å². The van der Waals surface area contributed by atoms with Crippen molar-refractivity contribution in [2.75, 3.05) is 17.7 Å². The number of aromatic nitrogens is 2. The highest BCUT2D eigenvalue weighted by molar-refractivity contribution is 7.99. The number of carbonyl (C=O) groups is 2. The van der Waals surface area contributed by atoms with E-state index in [4.69, 9.17) is 4.74 Å². The number of ether oxygens (including phenoxy) is 1. The first kappa shape index (κ1) is 22.2. The Hall–Kier alpha value is -2.13. The molecule has 28 heavy (non-hydrogen) atoms. The molecule has 2 rings (SSSR count). The molecular formula is C19H25N3O4S2. The normalized spacial score (nSPS) is 10.7. The van der Waals surface area contributed by atoms with Gasteiger partial charge in [0.05, 0.1) is 17.9 Å². The maximum Gasteiger partial charge on any atom is 0.341 e. The van der Waals surface area contributed by atoms with Crippen LogP contribution in [0, 0.1) is 6.92 Å². The zero-order valence-electron chi connectivity index (χ0n) is 16.5. The highest BCUT2D eigenvalue weighted by atomic mass is 32.2. The largest absolute Gasteiger partial charge is 0.462 e. The minimum absolute atomic E-state index is 0.0686. The number of nitrogens with one attached hydrogen (secondary N) is 2. The van der Waals surface area contributed by atoms with Gasteiger partial charge in [-0.1, -0.05) is 32.0 Å². The molecule has 0 fully saturated rings. The number of anilines is 1. The summed E-state index contributed by atoms with van der Waals surface area (Å²) in [5, 5.41) is 3.72. The van der Waals surface area contributed by atoms with Crippen molar-refractivity contribution < 1.29 is 14.3 Å². The summed E-state index contributed by atoms with van der Waals surface area (Å²) in [6, 6.07) is 1.47. The molecule has 2 N–H and O–H groups in total. The van der Waals surface area contributed by atoms with E-state index in [2.05, 4.69) is 15.3 Å². The molecule has 0 aliphatic heterocycles. The molecule has 0 aliphatic rings. The molecule has 152 valence electrons. The minimum atomic E-state index is -0.426. The van der Waals surface area contributed by atoms with E-state index < -0.39 is 5.97 Å². The molecule has 0 radical (unpaired) electrons. The second-order valence-electron chi connectivity index (χ2n) is 6.04. The second kappa shape index (κ2) is 10.4. The van der Waals surface area contributed by atoms with Crippen LogP contribution in [-0.4, -0.2) is 34.2 Å². The van der Waals surface area contributed by atoms with Crippen LogP contribution in [0.1, 0.15) is 53.7 Å². The average Bonchev–Trinajstić information content (AvgIpc) is 2.95. The number of thioether (sulfide) groups is 1. The number of hydrogen-bond donors (Lipinski definition) is 2. The van der Waals surface area contributed by atoms with Crippen LogP contribution in [0.5, 0.6) is 0 Å². The molecule has 0 saturated heterocycles. The molecule has 7 nitrogen and oxygen atoms in total. The molecule has 0 bridgehead atoms. The Bertz CT molecular complexity index is 905. The number of thiophene rings is 1. The zero-order chi connectivity index (χ0) is 20.7. The number of rotatable bonds is 9. The fraction of sp³-hybridized carbons (Fsp3) is 0.474. The smallest absolute Gasteiger partial charge is 0.341 e. The van der Waals surface area contributed by atoms with E-state index in [0.717, 1.165) is 28.6 Å². The van der Waals surface area contributed by atoms with Gasteiger partial charge in [-0.3, -0.25) is 9.59 Å². The lowest BCUT2D eigenvalue weighted by Gasteiger charge is -2.08. The quantitative estimate of drug-likeness (QED) is 0.363. The molecular weight excluding hydrogens is 398 g/mol. The van der Waals surface area contributed by atoms with Gasteiger partial charge in [0, 0.05) is 16.6 Å². The Balaban J connectivity index is 2.11. The van der Waals surface area contributed by atoms with Crippen LogP contribution < -0.4 is 10.9 Å². The summed E-state index contributed by atoms with van der Waals surface area (Å²) >= 11 is 2.52. The lowest BCUT2D eigenvalue weighted by atomic mass is 10.1. The van der Waals surface area contributed by atoms with Crippen molar-refractivity contribution in [3.8, 4) is 0 Å². The van der Waals surface area contributed by atoms with Crippen LogP contribution in [-0.2, 0) is 22.4 Å². The van der Waals surface area contributed by atoms with Crippen molar-refractivity contribution in [3.63, 3.8) is 0 Å². The Morgan fingerprint density at radius 3 is 2.71 bits per heavy atom. The summed E-state index contributed by atoms with van der Waals surface area (Å²) < 4.78 is 5.15. The monoisotopic (exact) mass is 423 g/mol. The zero-order valence-corrected chi connectivity index (χ0v) is 18.1. The lowest BCUT2D eigenvalue weighted by Crippen LogP contribution is -2.17. The number of aromatic amines is 1. The van der Waals surface area contributed by atoms with Crippen molar-refractivity contribution in [1.29, 1.82) is 0 Å². The van der Waals surface area contributed by atoms with Gasteiger partial charge in [-0.15, -0.1) is 11.3 Å². The van der Waals surface area contributed by atoms with Gasteiger partial charge >= 0.3 is 5.97 Å². The molecule has 0 aliphatic carbocycles. The Morgan fingerprint density at radius 1 is 1.32 bits per heavy atom. The predicted molar refractivity (Wildman–Crippen MR) is 113 cm³/mol. The number of carbonyl (C=O) groups excluding carboxylic acids is 2.